The van der Waals surface area contributed by atoms with Crippen molar-refractivity contribution < 1.29 is 9.53 Å². The lowest BCUT2D eigenvalue weighted by atomic mass is 10.2. The zero-order valence-electron chi connectivity index (χ0n) is 10.6. The highest BCUT2D eigenvalue weighted by molar-refractivity contribution is 6.38. The smallest absolute Gasteiger partial charge is 0.256 e. The summed E-state index contributed by atoms with van der Waals surface area (Å²) in [5, 5.41) is 3.04. The monoisotopic (exact) mass is 311 g/mol. The van der Waals surface area contributed by atoms with Crippen molar-refractivity contribution in [3.8, 4) is 5.88 Å². The van der Waals surface area contributed by atoms with Crippen LogP contribution in [0, 0.1) is 0 Å². The molecule has 5 nitrogen and oxygen atoms in total. The average Bonchev–Trinajstić information content (AvgIpc) is 2.45. The van der Waals surface area contributed by atoms with Crippen LogP contribution in [-0.2, 0) is 6.54 Å². The largest absolute Gasteiger partial charge is 0.481 e. The Bertz CT molecular complexity index is 597. The van der Waals surface area contributed by atoms with Gasteiger partial charge in [-0.05, 0) is 11.6 Å². The van der Waals surface area contributed by atoms with Gasteiger partial charge in [0.1, 0.15) is 5.15 Å². The van der Waals surface area contributed by atoms with Gasteiger partial charge in [-0.2, -0.15) is 0 Å². The maximum Gasteiger partial charge on any atom is 0.256 e. The normalized spacial score (nSPS) is 10.2. The SMILES string of the molecule is COc1ccc(CNC(=O)c2c(Cl)ccnc2Cl)cn1. The van der Waals surface area contributed by atoms with Gasteiger partial charge in [0.15, 0.2) is 0 Å². The number of amides is 1. The lowest BCUT2D eigenvalue weighted by molar-refractivity contribution is 0.0951. The van der Waals surface area contributed by atoms with Gasteiger partial charge in [-0.15, -0.1) is 0 Å². The van der Waals surface area contributed by atoms with E-state index in [1.54, 1.807) is 18.3 Å². The Balaban J connectivity index is 2.05. The number of hydrogen-bond acceptors (Lipinski definition) is 4. The minimum atomic E-state index is -0.385. The standard InChI is InChI=1S/C13H11Cl2N3O2/c1-20-10-3-2-8(6-17-10)7-18-13(19)11-9(14)4-5-16-12(11)15/h2-6H,7H2,1H3,(H,18,19). The van der Waals surface area contributed by atoms with E-state index in [-0.39, 0.29) is 21.6 Å². The third kappa shape index (κ3) is 3.37. The summed E-state index contributed by atoms with van der Waals surface area (Å²) in [6.07, 6.45) is 3.06. The van der Waals surface area contributed by atoms with E-state index in [1.165, 1.54) is 19.4 Å². The summed E-state index contributed by atoms with van der Waals surface area (Å²) >= 11 is 11.8. The first-order valence-electron chi connectivity index (χ1n) is 5.69. The van der Waals surface area contributed by atoms with E-state index in [1.807, 2.05) is 0 Å². The van der Waals surface area contributed by atoms with E-state index in [4.69, 9.17) is 27.9 Å². The second-order valence-corrected chi connectivity index (χ2v) is 4.62. The molecule has 0 saturated carbocycles. The summed E-state index contributed by atoms with van der Waals surface area (Å²) in [6.45, 7) is 0.303. The minimum Gasteiger partial charge on any atom is -0.481 e. The Morgan fingerprint density at radius 3 is 2.70 bits per heavy atom. The van der Waals surface area contributed by atoms with Crippen molar-refractivity contribution in [3.05, 3.63) is 51.9 Å². The fourth-order valence-electron chi connectivity index (χ4n) is 1.52. The molecule has 0 radical (unpaired) electrons. The third-order valence-electron chi connectivity index (χ3n) is 2.54. The number of pyridine rings is 2. The predicted molar refractivity (Wildman–Crippen MR) is 76.2 cm³/mol. The van der Waals surface area contributed by atoms with Crippen molar-refractivity contribution in [2.75, 3.05) is 7.11 Å². The number of methoxy groups -OCH3 is 1. The van der Waals surface area contributed by atoms with Crippen LogP contribution in [0.1, 0.15) is 15.9 Å². The molecule has 1 N–H and O–H groups in total. The number of nitrogens with zero attached hydrogens (tertiary/aromatic N) is 2. The molecule has 2 rings (SSSR count). The van der Waals surface area contributed by atoms with E-state index in [0.29, 0.717) is 12.4 Å². The van der Waals surface area contributed by atoms with Gasteiger partial charge in [-0.1, -0.05) is 29.3 Å². The second kappa shape index (κ2) is 6.54. The maximum atomic E-state index is 12.0. The lowest BCUT2D eigenvalue weighted by Gasteiger charge is -2.08. The Hall–Kier alpha value is -1.85. The van der Waals surface area contributed by atoms with E-state index < -0.39 is 0 Å². The van der Waals surface area contributed by atoms with Crippen LogP contribution in [0.3, 0.4) is 0 Å². The number of aromatic nitrogens is 2. The summed E-state index contributed by atoms with van der Waals surface area (Å²) in [7, 11) is 1.54. The van der Waals surface area contributed by atoms with Gasteiger partial charge in [0.05, 0.1) is 17.7 Å². The predicted octanol–water partition coefficient (Wildman–Crippen LogP) is 2.72. The van der Waals surface area contributed by atoms with E-state index in [9.17, 15) is 4.79 Å². The third-order valence-corrected chi connectivity index (χ3v) is 3.14. The van der Waals surface area contributed by atoms with Crippen molar-refractivity contribution >= 4 is 29.1 Å². The molecular weight excluding hydrogens is 301 g/mol. The van der Waals surface area contributed by atoms with Crippen molar-refractivity contribution in [2.45, 2.75) is 6.54 Å². The van der Waals surface area contributed by atoms with Gasteiger partial charge >= 0.3 is 0 Å². The van der Waals surface area contributed by atoms with Crippen molar-refractivity contribution in [1.82, 2.24) is 15.3 Å². The molecule has 0 spiro atoms. The van der Waals surface area contributed by atoms with Gasteiger partial charge < -0.3 is 10.1 Å². The van der Waals surface area contributed by atoms with Crippen LogP contribution in [0.2, 0.25) is 10.2 Å². The van der Waals surface area contributed by atoms with E-state index >= 15 is 0 Å². The van der Waals surface area contributed by atoms with Crippen LogP contribution < -0.4 is 10.1 Å². The van der Waals surface area contributed by atoms with Crippen molar-refractivity contribution in [2.24, 2.45) is 0 Å². The van der Waals surface area contributed by atoms with Crippen LogP contribution in [0.4, 0.5) is 0 Å². The molecule has 0 aliphatic heterocycles. The molecule has 7 heteroatoms. The molecule has 104 valence electrons. The molecule has 0 unspecified atom stereocenters. The zero-order valence-corrected chi connectivity index (χ0v) is 12.1. The molecule has 0 bridgehead atoms. The van der Waals surface area contributed by atoms with Crippen molar-refractivity contribution in [1.29, 1.82) is 0 Å². The number of carbonyl (C=O) groups is 1. The molecule has 0 aliphatic carbocycles. The number of rotatable bonds is 4. The fraction of sp³-hybridized carbons (Fsp3) is 0.154. The molecule has 2 heterocycles. The first kappa shape index (κ1) is 14.6. The molecule has 2 aromatic heterocycles. The van der Waals surface area contributed by atoms with Crippen LogP contribution in [0.25, 0.3) is 0 Å². The molecule has 20 heavy (non-hydrogen) atoms. The highest BCUT2D eigenvalue weighted by Gasteiger charge is 2.15. The molecule has 0 fully saturated rings. The Labute approximate surface area is 125 Å². The Morgan fingerprint density at radius 1 is 1.30 bits per heavy atom. The maximum absolute atomic E-state index is 12.0. The lowest BCUT2D eigenvalue weighted by Crippen LogP contribution is -2.23. The number of carbonyl (C=O) groups excluding carboxylic acids is 1. The van der Waals surface area contributed by atoms with Gasteiger partial charge in [0.2, 0.25) is 5.88 Å². The van der Waals surface area contributed by atoms with Crippen molar-refractivity contribution in [3.63, 3.8) is 0 Å². The highest BCUT2D eigenvalue weighted by atomic mass is 35.5. The van der Waals surface area contributed by atoms with Gasteiger partial charge in [-0.3, -0.25) is 4.79 Å². The van der Waals surface area contributed by atoms with Gasteiger partial charge in [-0.25, -0.2) is 9.97 Å². The van der Waals surface area contributed by atoms with Crippen LogP contribution in [0.5, 0.6) is 5.88 Å². The molecule has 0 aromatic carbocycles. The van der Waals surface area contributed by atoms with Gasteiger partial charge in [0, 0.05) is 25.0 Å². The van der Waals surface area contributed by atoms with Crippen LogP contribution in [-0.4, -0.2) is 23.0 Å². The molecule has 2 aromatic rings. The number of halogens is 2. The number of nitrogens with one attached hydrogen (secondary N) is 1. The number of ether oxygens (including phenoxy) is 1. The minimum absolute atomic E-state index is 0.0721. The summed E-state index contributed by atoms with van der Waals surface area (Å²) < 4.78 is 4.95. The zero-order chi connectivity index (χ0) is 14.5. The van der Waals surface area contributed by atoms with Gasteiger partial charge in [0.25, 0.3) is 5.91 Å². The summed E-state index contributed by atoms with van der Waals surface area (Å²) in [6, 6.07) is 5.03. The van der Waals surface area contributed by atoms with E-state index in [2.05, 4.69) is 15.3 Å². The average molecular weight is 312 g/mol. The molecule has 1 amide bonds. The summed E-state index contributed by atoms with van der Waals surface area (Å²) in [5.41, 5.74) is 0.993. The summed E-state index contributed by atoms with van der Waals surface area (Å²) in [4.78, 5) is 19.9. The molecule has 0 atom stereocenters. The molecular formula is C13H11Cl2N3O2. The first-order chi connectivity index (χ1) is 9.61. The fourth-order valence-corrected chi connectivity index (χ4v) is 2.05. The molecule has 0 aliphatic rings. The summed E-state index contributed by atoms with van der Waals surface area (Å²) in [5.74, 6) is 0.127. The Kier molecular flexibility index (Phi) is 4.76. The Morgan fingerprint density at radius 2 is 2.10 bits per heavy atom. The highest BCUT2D eigenvalue weighted by Crippen LogP contribution is 2.21. The molecule has 0 saturated heterocycles. The first-order valence-corrected chi connectivity index (χ1v) is 6.44. The second-order valence-electron chi connectivity index (χ2n) is 3.85. The van der Waals surface area contributed by atoms with Crippen LogP contribution >= 0.6 is 23.2 Å². The van der Waals surface area contributed by atoms with Crippen LogP contribution in [0.15, 0.2) is 30.6 Å². The topological polar surface area (TPSA) is 64.1 Å². The quantitative estimate of drug-likeness (QED) is 0.882. The number of hydrogen-bond donors (Lipinski definition) is 1. The van der Waals surface area contributed by atoms with E-state index in [0.717, 1.165) is 5.56 Å².